The Balaban J connectivity index is 3.02. The van der Waals surface area contributed by atoms with E-state index in [1.54, 1.807) is 33.0 Å². The van der Waals surface area contributed by atoms with Crippen molar-refractivity contribution in [2.75, 3.05) is 7.05 Å². The predicted molar refractivity (Wildman–Crippen MR) is 71.7 cm³/mol. The lowest BCUT2D eigenvalue weighted by Crippen LogP contribution is -2.35. The normalized spacial score (nSPS) is 14.3. The van der Waals surface area contributed by atoms with Crippen LogP contribution in [0.1, 0.15) is 32.4 Å². The van der Waals surface area contributed by atoms with Crippen LogP contribution in [0.25, 0.3) is 0 Å². The van der Waals surface area contributed by atoms with Crippen LogP contribution in [-0.4, -0.2) is 25.0 Å². The van der Waals surface area contributed by atoms with Gasteiger partial charge in [-0.05, 0) is 38.5 Å². The van der Waals surface area contributed by atoms with Crippen molar-refractivity contribution in [3.63, 3.8) is 0 Å². The van der Waals surface area contributed by atoms with Crippen molar-refractivity contribution in [2.45, 2.75) is 32.1 Å². The molecule has 0 heterocycles. The average molecular weight is 276 g/mol. The Kier molecular flexibility index (Phi) is 4.58. The lowest BCUT2D eigenvalue weighted by atomic mass is 10.1. The lowest BCUT2D eigenvalue weighted by molar-refractivity contribution is 0.394. The molecule has 96 valence electrons. The van der Waals surface area contributed by atoms with Gasteiger partial charge in [0.1, 0.15) is 0 Å². The van der Waals surface area contributed by atoms with Crippen LogP contribution >= 0.6 is 11.6 Å². The number of halogens is 1. The summed E-state index contributed by atoms with van der Waals surface area (Å²) >= 11 is 5.90. The molecule has 0 N–H and O–H groups in total. The topological polar surface area (TPSA) is 37.4 Å². The highest BCUT2D eigenvalue weighted by Gasteiger charge is 2.27. The fourth-order valence-electron chi connectivity index (χ4n) is 1.53. The highest BCUT2D eigenvalue weighted by molar-refractivity contribution is 7.89. The van der Waals surface area contributed by atoms with Gasteiger partial charge in [-0.2, -0.15) is 4.31 Å². The highest BCUT2D eigenvalue weighted by atomic mass is 35.5. The molecule has 1 atom stereocenters. The van der Waals surface area contributed by atoms with Crippen LogP contribution in [-0.2, 0) is 10.0 Å². The van der Waals surface area contributed by atoms with E-state index in [1.807, 2.05) is 19.1 Å². The van der Waals surface area contributed by atoms with Crippen molar-refractivity contribution in [1.29, 1.82) is 0 Å². The Morgan fingerprint density at radius 1 is 1.24 bits per heavy atom. The first-order valence-corrected chi connectivity index (χ1v) is 7.37. The molecule has 0 spiro atoms. The molecule has 0 aliphatic carbocycles. The minimum Gasteiger partial charge on any atom is -0.212 e. The second-order valence-corrected chi connectivity index (χ2v) is 7.33. The molecule has 0 fully saturated rings. The molecule has 1 unspecified atom stereocenters. The fourth-order valence-corrected chi connectivity index (χ4v) is 2.96. The summed E-state index contributed by atoms with van der Waals surface area (Å²) in [4.78, 5) is 0. The number of benzene rings is 1. The van der Waals surface area contributed by atoms with E-state index < -0.39 is 15.3 Å². The smallest absolute Gasteiger partial charge is 0.212 e. The third-order valence-electron chi connectivity index (χ3n) is 2.87. The summed E-state index contributed by atoms with van der Waals surface area (Å²) in [5.41, 5.74) is 0.893. The van der Waals surface area contributed by atoms with Gasteiger partial charge in [-0.15, -0.1) is 0 Å². The number of hydrogen-bond acceptors (Lipinski definition) is 2. The van der Waals surface area contributed by atoms with Crippen LogP contribution < -0.4 is 0 Å². The lowest BCUT2D eigenvalue weighted by Gasteiger charge is -2.26. The van der Waals surface area contributed by atoms with Crippen LogP contribution in [0, 0.1) is 0 Å². The molecule has 5 heteroatoms. The van der Waals surface area contributed by atoms with Crippen LogP contribution in [0.15, 0.2) is 24.3 Å². The summed E-state index contributed by atoms with van der Waals surface area (Å²) in [6.07, 6.45) is 0. The monoisotopic (exact) mass is 275 g/mol. The molecule has 1 aromatic carbocycles. The van der Waals surface area contributed by atoms with E-state index in [2.05, 4.69) is 0 Å². The summed E-state index contributed by atoms with van der Waals surface area (Å²) in [6.45, 7) is 5.21. The van der Waals surface area contributed by atoms with E-state index in [0.717, 1.165) is 5.56 Å². The SMILES string of the molecule is CC(c1cccc(Cl)c1)N(C)S(=O)(=O)C(C)C. The Labute approximate surface area is 108 Å². The summed E-state index contributed by atoms with van der Waals surface area (Å²) in [5, 5.41) is 0.193. The van der Waals surface area contributed by atoms with Crippen molar-refractivity contribution < 1.29 is 8.42 Å². The third-order valence-corrected chi connectivity index (χ3v) is 5.42. The van der Waals surface area contributed by atoms with Gasteiger partial charge in [0.25, 0.3) is 0 Å². The molecule has 0 aromatic heterocycles. The second kappa shape index (κ2) is 5.38. The standard InChI is InChI=1S/C12H18ClNO2S/c1-9(2)17(15,16)14(4)10(3)11-6-5-7-12(13)8-11/h5-10H,1-4H3. The van der Waals surface area contributed by atoms with Gasteiger partial charge in [0.15, 0.2) is 0 Å². The summed E-state index contributed by atoms with van der Waals surface area (Å²) in [5.74, 6) is 0. The van der Waals surface area contributed by atoms with Crippen LogP contribution in [0.5, 0.6) is 0 Å². The van der Waals surface area contributed by atoms with E-state index in [0.29, 0.717) is 5.02 Å². The van der Waals surface area contributed by atoms with Crippen LogP contribution in [0.4, 0.5) is 0 Å². The first kappa shape index (κ1) is 14.5. The average Bonchev–Trinajstić information content (AvgIpc) is 2.26. The molecule has 1 rings (SSSR count). The molecule has 1 aromatic rings. The van der Waals surface area contributed by atoms with Crippen molar-refractivity contribution >= 4 is 21.6 Å². The Hall–Kier alpha value is -0.580. The Morgan fingerprint density at radius 3 is 2.29 bits per heavy atom. The molecule has 3 nitrogen and oxygen atoms in total. The van der Waals surface area contributed by atoms with Gasteiger partial charge in [-0.1, -0.05) is 23.7 Å². The maximum Gasteiger partial charge on any atom is 0.216 e. The largest absolute Gasteiger partial charge is 0.216 e. The third kappa shape index (κ3) is 3.21. The minimum atomic E-state index is -3.25. The maximum atomic E-state index is 12.0. The van der Waals surface area contributed by atoms with Crippen molar-refractivity contribution in [3.8, 4) is 0 Å². The first-order valence-electron chi connectivity index (χ1n) is 5.49. The number of rotatable bonds is 4. The van der Waals surface area contributed by atoms with Crippen molar-refractivity contribution in [3.05, 3.63) is 34.9 Å². The molecule has 0 saturated heterocycles. The van der Waals surface area contributed by atoms with Gasteiger partial charge in [0.05, 0.1) is 5.25 Å². The minimum absolute atomic E-state index is 0.221. The summed E-state index contributed by atoms with van der Waals surface area (Å²) in [7, 11) is -1.65. The van der Waals surface area contributed by atoms with Gasteiger partial charge in [0, 0.05) is 18.1 Å². The molecule has 0 bridgehead atoms. The Morgan fingerprint density at radius 2 is 1.82 bits per heavy atom. The predicted octanol–water partition coefficient (Wildman–Crippen LogP) is 3.07. The number of nitrogens with zero attached hydrogens (tertiary/aromatic N) is 1. The quantitative estimate of drug-likeness (QED) is 0.847. The zero-order chi connectivity index (χ0) is 13.2. The van der Waals surface area contributed by atoms with Crippen LogP contribution in [0.3, 0.4) is 0 Å². The fraction of sp³-hybridized carbons (Fsp3) is 0.500. The summed E-state index contributed by atoms with van der Waals surface area (Å²) < 4.78 is 25.4. The van der Waals surface area contributed by atoms with Gasteiger partial charge >= 0.3 is 0 Å². The summed E-state index contributed by atoms with van der Waals surface area (Å²) in [6, 6.07) is 7.04. The van der Waals surface area contributed by atoms with Gasteiger partial charge in [0.2, 0.25) is 10.0 Å². The van der Waals surface area contributed by atoms with Crippen molar-refractivity contribution in [1.82, 2.24) is 4.31 Å². The number of sulfonamides is 1. The van der Waals surface area contributed by atoms with E-state index in [-0.39, 0.29) is 6.04 Å². The van der Waals surface area contributed by atoms with E-state index in [9.17, 15) is 8.42 Å². The highest BCUT2D eigenvalue weighted by Crippen LogP contribution is 2.25. The molecule has 0 saturated carbocycles. The molecule has 0 radical (unpaired) electrons. The molecular formula is C12H18ClNO2S. The Bertz CT molecular complexity index is 485. The molecule has 0 amide bonds. The molecular weight excluding hydrogens is 258 g/mol. The van der Waals surface area contributed by atoms with Crippen molar-refractivity contribution in [2.24, 2.45) is 0 Å². The van der Waals surface area contributed by atoms with Crippen LogP contribution in [0.2, 0.25) is 5.02 Å². The van der Waals surface area contributed by atoms with Gasteiger partial charge in [-0.3, -0.25) is 0 Å². The number of hydrogen-bond donors (Lipinski definition) is 0. The molecule has 0 aliphatic rings. The first-order chi connectivity index (χ1) is 7.76. The van der Waals surface area contributed by atoms with E-state index >= 15 is 0 Å². The van der Waals surface area contributed by atoms with E-state index in [4.69, 9.17) is 11.6 Å². The zero-order valence-electron chi connectivity index (χ0n) is 10.5. The maximum absolute atomic E-state index is 12.0. The van der Waals surface area contributed by atoms with Gasteiger partial charge in [-0.25, -0.2) is 8.42 Å². The molecule has 17 heavy (non-hydrogen) atoms. The van der Waals surface area contributed by atoms with E-state index in [1.165, 1.54) is 4.31 Å². The zero-order valence-corrected chi connectivity index (χ0v) is 12.1. The van der Waals surface area contributed by atoms with Gasteiger partial charge < -0.3 is 0 Å². The second-order valence-electron chi connectivity index (χ2n) is 4.34. The molecule has 0 aliphatic heterocycles.